The Morgan fingerprint density at radius 2 is 2.44 bits per heavy atom. The molecule has 0 saturated carbocycles. The second kappa shape index (κ2) is 6.39. The standard InChI is InChI=1S/C14H22ClN3/c1-3-18-8-4-5-12(10-18)11(2)17-14-9-16-7-6-13(14)15/h6-7,9,11-12,17H,3-5,8,10H2,1-2H3. The summed E-state index contributed by atoms with van der Waals surface area (Å²) >= 11 is 6.15. The Bertz CT molecular complexity index is 383. The molecular formula is C14H22ClN3. The molecule has 0 spiro atoms. The van der Waals surface area contributed by atoms with Crippen LogP contribution in [-0.2, 0) is 0 Å². The smallest absolute Gasteiger partial charge is 0.0718 e. The predicted molar refractivity (Wildman–Crippen MR) is 77.2 cm³/mol. The van der Waals surface area contributed by atoms with Gasteiger partial charge in [0, 0.05) is 18.8 Å². The van der Waals surface area contributed by atoms with Crippen molar-refractivity contribution in [3.8, 4) is 0 Å². The Morgan fingerprint density at radius 1 is 1.61 bits per heavy atom. The minimum atomic E-state index is 0.432. The van der Waals surface area contributed by atoms with Crippen LogP contribution < -0.4 is 5.32 Å². The van der Waals surface area contributed by atoms with Crippen molar-refractivity contribution in [2.24, 2.45) is 5.92 Å². The average molecular weight is 268 g/mol. The molecule has 3 nitrogen and oxygen atoms in total. The van der Waals surface area contributed by atoms with Crippen LogP contribution in [0.3, 0.4) is 0 Å². The van der Waals surface area contributed by atoms with E-state index in [4.69, 9.17) is 11.6 Å². The number of likely N-dealkylation sites (tertiary alicyclic amines) is 1. The summed E-state index contributed by atoms with van der Waals surface area (Å²) in [6.45, 7) is 8.05. The van der Waals surface area contributed by atoms with Crippen molar-refractivity contribution in [1.29, 1.82) is 0 Å². The normalized spacial score (nSPS) is 22.7. The van der Waals surface area contributed by atoms with Crippen molar-refractivity contribution in [1.82, 2.24) is 9.88 Å². The summed E-state index contributed by atoms with van der Waals surface area (Å²) in [6, 6.07) is 2.26. The molecule has 1 aromatic rings. The second-order valence-electron chi connectivity index (χ2n) is 5.08. The van der Waals surface area contributed by atoms with Crippen molar-refractivity contribution in [2.45, 2.75) is 32.7 Å². The predicted octanol–water partition coefficient (Wildman–Crippen LogP) is 3.27. The topological polar surface area (TPSA) is 28.2 Å². The number of pyridine rings is 1. The minimum absolute atomic E-state index is 0.432. The molecule has 2 rings (SSSR count). The van der Waals surface area contributed by atoms with Crippen LogP contribution in [0.25, 0.3) is 0 Å². The van der Waals surface area contributed by atoms with Crippen LogP contribution in [0.1, 0.15) is 26.7 Å². The first kappa shape index (κ1) is 13.6. The second-order valence-corrected chi connectivity index (χ2v) is 5.49. The highest BCUT2D eigenvalue weighted by molar-refractivity contribution is 6.33. The number of hydrogen-bond donors (Lipinski definition) is 1. The van der Waals surface area contributed by atoms with Gasteiger partial charge in [0.2, 0.25) is 0 Å². The van der Waals surface area contributed by atoms with Crippen LogP contribution >= 0.6 is 11.6 Å². The van der Waals surface area contributed by atoms with E-state index >= 15 is 0 Å². The molecule has 1 N–H and O–H groups in total. The summed E-state index contributed by atoms with van der Waals surface area (Å²) in [5.41, 5.74) is 0.945. The Balaban J connectivity index is 1.95. The van der Waals surface area contributed by atoms with Gasteiger partial charge in [0.1, 0.15) is 0 Å². The molecule has 1 fully saturated rings. The van der Waals surface area contributed by atoms with Crippen molar-refractivity contribution in [3.05, 3.63) is 23.5 Å². The molecular weight excluding hydrogens is 246 g/mol. The van der Waals surface area contributed by atoms with Gasteiger partial charge in [0.05, 0.1) is 16.9 Å². The summed E-state index contributed by atoms with van der Waals surface area (Å²) in [7, 11) is 0. The fraction of sp³-hybridized carbons (Fsp3) is 0.643. The molecule has 4 heteroatoms. The molecule has 100 valence electrons. The van der Waals surface area contributed by atoms with Gasteiger partial charge in [-0.25, -0.2) is 0 Å². The molecule has 2 unspecified atom stereocenters. The molecule has 0 bridgehead atoms. The van der Waals surface area contributed by atoms with E-state index in [-0.39, 0.29) is 0 Å². The van der Waals surface area contributed by atoms with Crippen molar-refractivity contribution < 1.29 is 0 Å². The largest absolute Gasteiger partial charge is 0.380 e. The Morgan fingerprint density at radius 3 is 3.17 bits per heavy atom. The van der Waals surface area contributed by atoms with Gasteiger partial charge in [-0.3, -0.25) is 4.98 Å². The van der Waals surface area contributed by atoms with Gasteiger partial charge in [-0.15, -0.1) is 0 Å². The molecule has 1 aromatic heterocycles. The van der Waals surface area contributed by atoms with Crippen molar-refractivity contribution >= 4 is 17.3 Å². The van der Waals surface area contributed by atoms with Crippen LogP contribution in [0, 0.1) is 5.92 Å². The average Bonchev–Trinajstić information content (AvgIpc) is 2.41. The molecule has 18 heavy (non-hydrogen) atoms. The summed E-state index contributed by atoms with van der Waals surface area (Å²) in [5.74, 6) is 0.690. The third-order valence-corrected chi connectivity index (χ3v) is 4.18. The van der Waals surface area contributed by atoms with Crippen LogP contribution in [0.5, 0.6) is 0 Å². The van der Waals surface area contributed by atoms with E-state index in [1.807, 2.05) is 6.07 Å². The third kappa shape index (κ3) is 3.36. The first-order valence-corrected chi connectivity index (χ1v) is 7.17. The van der Waals surface area contributed by atoms with E-state index in [0.717, 1.165) is 17.3 Å². The van der Waals surface area contributed by atoms with Gasteiger partial charge in [-0.2, -0.15) is 0 Å². The van der Waals surface area contributed by atoms with E-state index in [2.05, 4.69) is 29.0 Å². The van der Waals surface area contributed by atoms with Crippen LogP contribution in [0.4, 0.5) is 5.69 Å². The number of rotatable bonds is 4. The fourth-order valence-corrected chi connectivity index (χ4v) is 2.79. The van der Waals surface area contributed by atoms with Crippen LogP contribution in [-0.4, -0.2) is 35.6 Å². The number of piperidine rings is 1. The van der Waals surface area contributed by atoms with Gasteiger partial charge < -0.3 is 10.2 Å². The number of aromatic nitrogens is 1. The zero-order valence-electron chi connectivity index (χ0n) is 11.2. The summed E-state index contributed by atoms with van der Waals surface area (Å²) in [5, 5.41) is 4.25. The number of anilines is 1. The lowest BCUT2D eigenvalue weighted by Crippen LogP contribution is -2.41. The summed E-state index contributed by atoms with van der Waals surface area (Å²) in [6.07, 6.45) is 6.12. The van der Waals surface area contributed by atoms with Crippen LogP contribution in [0.15, 0.2) is 18.5 Å². The highest BCUT2D eigenvalue weighted by atomic mass is 35.5. The molecule has 2 heterocycles. The first-order chi connectivity index (χ1) is 8.70. The van der Waals surface area contributed by atoms with Gasteiger partial charge in [-0.1, -0.05) is 18.5 Å². The van der Waals surface area contributed by atoms with Gasteiger partial charge in [-0.05, 0) is 44.8 Å². The maximum absolute atomic E-state index is 6.15. The minimum Gasteiger partial charge on any atom is -0.380 e. The molecule has 0 amide bonds. The van der Waals surface area contributed by atoms with Crippen molar-refractivity contribution in [3.63, 3.8) is 0 Å². The van der Waals surface area contributed by atoms with E-state index in [1.165, 1.54) is 25.9 Å². The molecule has 0 aromatic carbocycles. The van der Waals surface area contributed by atoms with Crippen LogP contribution in [0.2, 0.25) is 5.02 Å². The Labute approximate surface area is 115 Å². The maximum Gasteiger partial charge on any atom is 0.0718 e. The summed E-state index contributed by atoms with van der Waals surface area (Å²) in [4.78, 5) is 6.64. The number of nitrogens with zero attached hydrogens (tertiary/aromatic N) is 2. The number of hydrogen-bond acceptors (Lipinski definition) is 3. The lowest BCUT2D eigenvalue weighted by molar-refractivity contribution is 0.172. The molecule has 1 aliphatic heterocycles. The Kier molecular flexibility index (Phi) is 4.84. The molecule has 0 aliphatic carbocycles. The molecule has 1 aliphatic rings. The van der Waals surface area contributed by atoms with Gasteiger partial charge in [0.15, 0.2) is 0 Å². The molecule has 0 radical (unpaired) electrons. The van der Waals surface area contributed by atoms with Gasteiger partial charge >= 0.3 is 0 Å². The third-order valence-electron chi connectivity index (χ3n) is 3.85. The van der Waals surface area contributed by atoms with Crippen molar-refractivity contribution in [2.75, 3.05) is 25.0 Å². The molecule has 2 atom stereocenters. The number of halogens is 1. The quantitative estimate of drug-likeness (QED) is 0.908. The monoisotopic (exact) mass is 267 g/mol. The van der Waals surface area contributed by atoms with Gasteiger partial charge in [0.25, 0.3) is 0 Å². The summed E-state index contributed by atoms with van der Waals surface area (Å²) < 4.78 is 0. The lowest BCUT2D eigenvalue weighted by atomic mass is 9.91. The Hall–Kier alpha value is -0.800. The van der Waals surface area contributed by atoms with E-state index < -0.39 is 0 Å². The molecule has 1 saturated heterocycles. The first-order valence-electron chi connectivity index (χ1n) is 6.79. The SMILES string of the molecule is CCN1CCCC(C(C)Nc2cnccc2Cl)C1. The highest BCUT2D eigenvalue weighted by Gasteiger charge is 2.24. The zero-order chi connectivity index (χ0) is 13.0. The maximum atomic E-state index is 6.15. The van der Waals surface area contributed by atoms with E-state index in [1.54, 1.807) is 12.4 Å². The van der Waals surface area contributed by atoms with E-state index in [9.17, 15) is 0 Å². The fourth-order valence-electron chi connectivity index (χ4n) is 2.63. The highest BCUT2D eigenvalue weighted by Crippen LogP contribution is 2.25. The lowest BCUT2D eigenvalue weighted by Gasteiger charge is -2.35. The number of nitrogens with one attached hydrogen (secondary N) is 1. The van der Waals surface area contributed by atoms with E-state index in [0.29, 0.717) is 12.0 Å². The zero-order valence-corrected chi connectivity index (χ0v) is 12.0.